The molecule has 2 rings (SSSR count). The van der Waals surface area contributed by atoms with Crippen LogP contribution in [0.1, 0.15) is 22.1 Å². The second-order valence-corrected chi connectivity index (χ2v) is 6.52. The van der Waals surface area contributed by atoms with Gasteiger partial charge in [0.2, 0.25) is 0 Å². The Bertz CT molecular complexity index is 646. The number of hydrogen-bond acceptors (Lipinski definition) is 1. The van der Waals surface area contributed by atoms with Crippen molar-refractivity contribution in [1.82, 2.24) is 0 Å². The van der Waals surface area contributed by atoms with E-state index in [-0.39, 0.29) is 5.75 Å². The van der Waals surface area contributed by atoms with E-state index in [0.717, 1.165) is 25.6 Å². The van der Waals surface area contributed by atoms with Gasteiger partial charge in [0.15, 0.2) is 11.6 Å². The zero-order valence-corrected chi connectivity index (χ0v) is 14.8. The molecule has 1 unspecified atom stereocenters. The first-order valence-corrected chi connectivity index (χ1v) is 7.89. The lowest BCUT2D eigenvalue weighted by molar-refractivity contribution is 0.386. The first kappa shape index (κ1) is 15.8. The minimum absolute atomic E-state index is 0.190. The highest BCUT2D eigenvalue weighted by Crippen LogP contribution is 2.38. The van der Waals surface area contributed by atoms with Gasteiger partial charge in [-0.2, -0.15) is 0 Å². The Morgan fingerprint density at radius 3 is 2.50 bits per heavy atom. The van der Waals surface area contributed by atoms with Gasteiger partial charge in [-0.3, -0.25) is 0 Å². The molecule has 2 aromatic carbocycles. The molecular formula is C15H12Br2ClFO. The van der Waals surface area contributed by atoms with Crippen molar-refractivity contribution in [2.24, 2.45) is 0 Å². The minimum atomic E-state index is -0.399. The molecule has 0 fully saturated rings. The SMILES string of the molecule is COc1cc(C(Cl)c2cc(Br)c(C)cc2Br)ccc1F. The summed E-state index contributed by atoms with van der Waals surface area (Å²) in [7, 11) is 1.43. The van der Waals surface area contributed by atoms with Gasteiger partial charge in [-0.25, -0.2) is 4.39 Å². The normalized spacial score (nSPS) is 12.3. The second kappa shape index (κ2) is 6.46. The Kier molecular flexibility index (Phi) is 5.10. The highest BCUT2D eigenvalue weighted by atomic mass is 79.9. The summed E-state index contributed by atoms with van der Waals surface area (Å²) in [5, 5.41) is -0.393. The van der Waals surface area contributed by atoms with Crippen molar-refractivity contribution in [3.05, 3.63) is 61.8 Å². The molecule has 0 aromatic heterocycles. The van der Waals surface area contributed by atoms with Crippen LogP contribution in [0.3, 0.4) is 0 Å². The predicted octanol–water partition coefficient (Wildman–Crippen LogP) is 6.00. The summed E-state index contributed by atoms with van der Waals surface area (Å²) in [6, 6.07) is 8.60. The summed E-state index contributed by atoms with van der Waals surface area (Å²) in [5.41, 5.74) is 2.81. The van der Waals surface area contributed by atoms with Gasteiger partial charge in [-0.05, 0) is 47.9 Å². The molecule has 0 amide bonds. The number of ether oxygens (including phenoxy) is 1. The van der Waals surface area contributed by atoms with Crippen molar-refractivity contribution in [1.29, 1.82) is 0 Å². The molecule has 20 heavy (non-hydrogen) atoms. The molecule has 1 atom stereocenters. The summed E-state index contributed by atoms with van der Waals surface area (Å²) in [6.45, 7) is 2.00. The fraction of sp³-hybridized carbons (Fsp3) is 0.200. The van der Waals surface area contributed by atoms with E-state index >= 15 is 0 Å². The average Bonchev–Trinajstić information content (AvgIpc) is 2.42. The number of benzene rings is 2. The molecule has 0 aliphatic carbocycles. The van der Waals surface area contributed by atoms with Crippen LogP contribution in [0, 0.1) is 12.7 Å². The highest BCUT2D eigenvalue weighted by Gasteiger charge is 2.17. The molecule has 1 nitrogen and oxygen atoms in total. The molecule has 0 aliphatic rings. The third-order valence-electron chi connectivity index (χ3n) is 3.02. The molecular weight excluding hydrogens is 410 g/mol. The molecule has 0 saturated carbocycles. The van der Waals surface area contributed by atoms with E-state index in [1.807, 2.05) is 19.1 Å². The number of hydrogen-bond donors (Lipinski definition) is 0. The van der Waals surface area contributed by atoms with Crippen LogP contribution in [0.4, 0.5) is 4.39 Å². The lowest BCUT2D eigenvalue weighted by Gasteiger charge is -2.15. The van der Waals surface area contributed by atoms with Gasteiger partial charge in [-0.1, -0.05) is 37.9 Å². The van der Waals surface area contributed by atoms with E-state index in [4.69, 9.17) is 16.3 Å². The fourth-order valence-corrected chi connectivity index (χ4v) is 3.37. The van der Waals surface area contributed by atoms with Crippen molar-refractivity contribution in [2.75, 3.05) is 7.11 Å². The van der Waals surface area contributed by atoms with E-state index in [9.17, 15) is 4.39 Å². The second-order valence-electron chi connectivity index (χ2n) is 4.38. The molecule has 0 heterocycles. The van der Waals surface area contributed by atoms with Gasteiger partial charge in [0.25, 0.3) is 0 Å². The fourth-order valence-electron chi connectivity index (χ4n) is 1.87. The van der Waals surface area contributed by atoms with Gasteiger partial charge in [0.1, 0.15) is 0 Å². The first-order chi connectivity index (χ1) is 9.43. The van der Waals surface area contributed by atoms with Crippen molar-refractivity contribution in [2.45, 2.75) is 12.3 Å². The first-order valence-electron chi connectivity index (χ1n) is 5.87. The highest BCUT2D eigenvalue weighted by molar-refractivity contribution is 9.11. The minimum Gasteiger partial charge on any atom is -0.494 e. The quantitative estimate of drug-likeness (QED) is 0.552. The lowest BCUT2D eigenvalue weighted by Crippen LogP contribution is -1.98. The van der Waals surface area contributed by atoms with Gasteiger partial charge >= 0.3 is 0 Å². The van der Waals surface area contributed by atoms with Crippen LogP contribution in [0.15, 0.2) is 39.3 Å². The molecule has 0 N–H and O–H groups in total. The third kappa shape index (κ3) is 3.18. The van der Waals surface area contributed by atoms with Gasteiger partial charge in [0, 0.05) is 8.95 Å². The standard InChI is InChI=1S/C15H12Br2ClFO/c1-8-5-12(17)10(7-11(8)16)15(18)9-3-4-13(19)14(6-9)20-2/h3-7,15H,1-2H3. The van der Waals surface area contributed by atoms with Gasteiger partial charge in [-0.15, -0.1) is 11.6 Å². The van der Waals surface area contributed by atoms with Crippen molar-refractivity contribution >= 4 is 43.5 Å². The zero-order valence-electron chi connectivity index (χ0n) is 10.9. The third-order valence-corrected chi connectivity index (χ3v) is 5.05. The molecule has 2 aromatic rings. The topological polar surface area (TPSA) is 9.23 Å². The van der Waals surface area contributed by atoms with Crippen molar-refractivity contribution in [3.63, 3.8) is 0 Å². The van der Waals surface area contributed by atoms with Crippen LogP contribution >= 0.6 is 43.5 Å². The molecule has 0 radical (unpaired) electrons. The Morgan fingerprint density at radius 2 is 1.85 bits per heavy atom. The molecule has 0 spiro atoms. The molecule has 0 saturated heterocycles. The number of rotatable bonds is 3. The summed E-state index contributed by atoms with van der Waals surface area (Å²) in [4.78, 5) is 0. The lowest BCUT2D eigenvalue weighted by atomic mass is 10.0. The number of methoxy groups -OCH3 is 1. The van der Waals surface area contributed by atoms with E-state index in [0.29, 0.717) is 0 Å². The van der Waals surface area contributed by atoms with Gasteiger partial charge in [0.05, 0.1) is 12.5 Å². The Labute approximate surface area is 139 Å². The number of alkyl halides is 1. The molecule has 5 heteroatoms. The zero-order chi connectivity index (χ0) is 14.9. The maximum Gasteiger partial charge on any atom is 0.165 e. The predicted molar refractivity (Wildman–Crippen MR) is 87.2 cm³/mol. The van der Waals surface area contributed by atoms with Crippen LogP contribution in [-0.4, -0.2) is 7.11 Å². The molecule has 0 aliphatic heterocycles. The van der Waals surface area contributed by atoms with Crippen molar-refractivity contribution < 1.29 is 9.13 Å². The van der Waals surface area contributed by atoms with Crippen LogP contribution in [0.5, 0.6) is 5.75 Å². The monoisotopic (exact) mass is 420 g/mol. The van der Waals surface area contributed by atoms with Gasteiger partial charge < -0.3 is 4.74 Å². The summed E-state index contributed by atoms with van der Waals surface area (Å²) in [5.74, 6) is -0.209. The maximum atomic E-state index is 13.4. The smallest absolute Gasteiger partial charge is 0.165 e. The summed E-state index contributed by atoms with van der Waals surface area (Å²) >= 11 is 13.5. The summed E-state index contributed by atoms with van der Waals surface area (Å²) in [6.07, 6.45) is 0. The van der Waals surface area contributed by atoms with Crippen LogP contribution < -0.4 is 4.74 Å². The van der Waals surface area contributed by atoms with Crippen LogP contribution in [0.25, 0.3) is 0 Å². The van der Waals surface area contributed by atoms with Crippen LogP contribution in [-0.2, 0) is 0 Å². The maximum absolute atomic E-state index is 13.4. The van der Waals surface area contributed by atoms with E-state index < -0.39 is 11.2 Å². The van der Waals surface area contributed by atoms with Crippen LogP contribution in [0.2, 0.25) is 0 Å². The summed E-state index contributed by atoms with van der Waals surface area (Å²) < 4.78 is 20.3. The number of aryl methyl sites for hydroxylation is 1. The average molecular weight is 423 g/mol. The Hall–Kier alpha value is -0.580. The van der Waals surface area contributed by atoms with E-state index in [1.54, 1.807) is 12.1 Å². The Balaban J connectivity index is 2.46. The largest absolute Gasteiger partial charge is 0.494 e. The molecule has 106 valence electrons. The van der Waals surface area contributed by atoms with E-state index in [2.05, 4.69) is 31.9 Å². The number of halogens is 4. The molecule has 0 bridgehead atoms. The van der Waals surface area contributed by atoms with E-state index in [1.165, 1.54) is 13.2 Å². The Morgan fingerprint density at radius 1 is 1.15 bits per heavy atom. The van der Waals surface area contributed by atoms with Crippen molar-refractivity contribution in [3.8, 4) is 5.75 Å².